The lowest BCUT2D eigenvalue weighted by Crippen LogP contribution is -2.35. The third-order valence-electron chi connectivity index (χ3n) is 1.90. The molecule has 78 valence electrons. The molecule has 1 rings (SSSR count). The average molecular weight is 194 g/mol. The summed E-state index contributed by atoms with van der Waals surface area (Å²) in [6.07, 6.45) is 0. The number of nitrogen functional groups attached to an aromatic ring is 1. The van der Waals surface area contributed by atoms with Crippen molar-refractivity contribution in [2.75, 3.05) is 24.8 Å². The van der Waals surface area contributed by atoms with Crippen molar-refractivity contribution < 1.29 is 4.74 Å². The fourth-order valence-corrected chi connectivity index (χ4v) is 1.35. The van der Waals surface area contributed by atoms with Gasteiger partial charge in [0.1, 0.15) is 0 Å². The number of hydrogen-bond donors (Lipinski definition) is 2. The highest BCUT2D eigenvalue weighted by atomic mass is 16.5. The first-order valence-corrected chi connectivity index (χ1v) is 4.66. The topological polar surface area (TPSA) is 47.3 Å². The maximum Gasteiger partial charge on any atom is 0.0687 e. The molecule has 3 heteroatoms. The Hall–Kier alpha value is -1.22. The van der Waals surface area contributed by atoms with E-state index in [0.717, 1.165) is 11.4 Å². The molecule has 3 nitrogen and oxygen atoms in total. The first-order valence-electron chi connectivity index (χ1n) is 4.66. The number of hydrogen-bond acceptors (Lipinski definition) is 3. The SMILES string of the molecule is COCC(C)(C)Nc1ccc(N)cc1. The van der Waals surface area contributed by atoms with E-state index in [1.165, 1.54) is 0 Å². The van der Waals surface area contributed by atoms with Crippen molar-refractivity contribution in [1.82, 2.24) is 0 Å². The van der Waals surface area contributed by atoms with Crippen molar-refractivity contribution >= 4 is 11.4 Å². The predicted octanol–water partition coefficient (Wildman–Crippen LogP) is 2.11. The highest BCUT2D eigenvalue weighted by Crippen LogP contribution is 2.16. The third kappa shape index (κ3) is 3.26. The predicted molar refractivity (Wildman–Crippen MR) is 60.4 cm³/mol. The average Bonchev–Trinajstić information content (AvgIpc) is 2.08. The third-order valence-corrected chi connectivity index (χ3v) is 1.90. The van der Waals surface area contributed by atoms with E-state index < -0.39 is 0 Å². The highest BCUT2D eigenvalue weighted by Gasteiger charge is 2.16. The van der Waals surface area contributed by atoms with Crippen molar-refractivity contribution in [2.45, 2.75) is 19.4 Å². The first-order chi connectivity index (χ1) is 6.53. The Balaban J connectivity index is 2.64. The fraction of sp³-hybridized carbons (Fsp3) is 0.455. The fourth-order valence-electron chi connectivity index (χ4n) is 1.35. The second-order valence-electron chi connectivity index (χ2n) is 4.06. The molecule has 0 radical (unpaired) electrons. The maximum absolute atomic E-state index is 5.60. The normalized spacial score (nSPS) is 11.4. The number of rotatable bonds is 4. The van der Waals surface area contributed by atoms with Crippen LogP contribution in [0.15, 0.2) is 24.3 Å². The van der Waals surface area contributed by atoms with Crippen LogP contribution in [0.25, 0.3) is 0 Å². The molecule has 1 aromatic rings. The lowest BCUT2D eigenvalue weighted by atomic mass is 10.1. The van der Waals surface area contributed by atoms with Crippen molar-refractivity contribution in [3.05, 3.63) is 24.3 Å². The van der Waals surface area contributed by atoms with E-state index in [-0.39, 0.29) is 5.54 Å². The highest BCUT2D eigenvalue weighted by molar-refractivity contribution is 5.52. The summed E-state index contributed by atoms with van der Waals surface area (Å²) in [5.41, 5.74) is 7.37. The van der Waals surface area contributed by atoms with Crippen LogP contribution in [0.3, 0.4) is 0 Å². The Labute approximate surface area is 85.3 Å². The van der Waals surface area contributed by atoms with E-state index in [9.17, 15) is 0 Å². The van der Waals surface area contributed by atoms with E-state index in [4.69, 9.17) is 10.5 Å². The summed E-state index contributed by atoms with van der Waals surface area (Å²) in [4.78, 5) is 0. The van der Waals surface area contributed by atoms with Gasteiger partial charge in [0, 0.05) is 18.5 Å². The molecule has 0 fully saturated rings. The number of nitrogens with one attached hydrogen (secondary N) is 1. The molecule has 0 spiro atoms. The van der Waals surface area contributed by atoms with Gasteiger partial charge in [0.2, 0.25) is 0 Å². The number of ether oxygens (including phenoxy) is 1. The molecule has 0 heterocycles. The van der Waals surface area contributed by atoms with E-state index in [0.29, 0.717) is 6.61 Å². The number of methoxy groups -OCH3 is 1. The van der Waals surface area contributed by atoms with Crippen molar-refractivity contribution in [3.63, 3.8) is 0 Å². The Morgan fingerprint density at radius 3 is 2.36 bits per heavy atom. The molecular weight excluding hydrogens is 176 g/mol. The zero-order chi connectivity index (χ0) is 10.6. The summed E-state index contributed by atoms with van der Waals surface area (Å²) in [5.74, 6) is 0. The molecule has 0 atom stereocenters. The van der Waals surface area contributed by atoms with E-state index >= 15 is 0 Å². The van der Waals surface area contributed by atoms with Gasteiger partial charge < -0.3 is 15.8 Å². The largest absolute Gasteiger partial charge is 0.399 e. The molecule has 14 heavy (non-hydrogen) atoms. The Bertz CT molecular complexity index is 280. The van der Waals surface area contributed by atoms with Crippen LogP contribution in [0.5, 0.6) is 0 Å². The molecule has 1 aromatic carbocycles. The molecule has 0 aliphatic heterocycles. The minimum absolute atomic E-state index is 0.0646. The second kappa shape index (κ2) is 4.33. The van der Waals surface area contributed by atoms with Crippen LogP contribution in [-0.4, -0.2) is 19.3 Å². The van der Waals surface area contributed by atoms with Crippen LogP contribution in [-0.2, 0) is 4.74 Å². The molecule has 0 aliphatic carbocycles. The summed E-state index contributed by atoms with van der Waals surface area (Å²) >= 11 is 0. The summed E-state index contributed by atoms with van der Waals surface area (Å²) in [5, 5.41) is 3.37. The quantitative estimate of drug-likeness (QED) is 0.722. The minimum atomic E-state index is -0.0646. The number of anilines is 2. The molecule has 0 bridgehead atoms. The summed E-state index contributed by atoms with van der Waals surface area (Å²) in [7, 11) is 1.70. The van der Waals surface area contributed by atoms with E-state index in [1.807, 2.05) is 24.3 Å². The number of benzene rings is 1. The van der Waals surface area contributed by atoms with Crippen LogP contribution >= 0.6 is 0 Å². The summed E-state index contributed by atoms with van der Waals surface area (Å²) in [6.45, 7) is 4.84. The van der Waals surface area contributed by atoms with Gasteiger partial charge in [-0.25, -0.2) is 0 Å². The minimum Gasteiger partial charge on any atom is -0.399 e. The van der Waals surface area contributed by atoms with Crippen molar-refractivity contribution in [1.29, 1.82) is 0 Å². The van der Waals surface area contributed by atoms with Gasteiger partial charge in [-0.3, -0.25) is 0 Å². The molecule has 0 amide bonds. The van der Waals surface area contributed by atoms with E-state index in [2.05, 4.69) is 19.2 Å². The second-order valence-corrected chi connectivity index (χ2v) is 4.06. The number of nitrogens with two attached hydrogens (primary N) is 1. The summed E-state index contributed by atoms with van der Waals surface area (Å²) in [6, 6.07) is 7.69. The monoisotopic (exact) mass is 194 g/mol. The van der Waals surface area contributed by atoms with Gasteiger partial charge in [0.15, 0.2) is 0 Å². The standard InChI is InChI=1S/C11H18N2O/c1-11(2,8-14-3)13-10-6-4-9(12)5-7-10/h4-7,13H,8,12H2,1-3H3. The van der Waals surface area contributed by atoms with Gasteiger partial charge >= 0.3 is 0 Å². The Kier molecular flexibility index (Phi) is 3.36. The first kappa shape index (κ1) is 10.9. The maximum atomic E-state index is 5.60. The van der Waals surface area contributed by atoms with Crippen LogP contribution in [0, 0.1) is 0 Å². The van der Waals surface area contributed by atoms with Gasteiger partial charge in [-0.1, -0.05) is 0 Å². The molecule has 3 N–H and O–H groups in total. The van der Waals surface area contributed by atoms with Crippen LogP contribution in [0.4, 0.5) is 11.4 Å². The van der Waals surface area contributed by atoms with E-state index in [1.54, 1.807) is 7.11 Å². The van der Waals surface area contributed by atoms with Gasteiger partial charge in [-0.05, 0) is 38.1 Å². The lowest BCUT2D eigenvalue weighted by Gasteiger charge is -2.26. The Morgan fingerprint density at radius 2 is 1.86 bits per heavy atom. The van der Waals surface area contributed by atoms with Crippen LogP contribution in [0.2, 0.25) is 0 Å². The van der Waals surface area contributed by atoms with Gasteiger partial charge in [0.05, 0.1) is 12.1 Å². The summed E-state index contributed by atoms with van der Waals surface area (Å²) < 4.78 is 5.12. The molecular formula is C11H18N2O. The Morgan fingerprint density at radius 1 is 1.29 bits per heavy atom. The zero-order valence-corrected chi connectivity index (χ0v) is 9.00. The van der Waals surface area contributed by atoms with Crippen molar-refractivity contribution in [2.24, 2.45) is 0 Å². The van der Waals surface area contributed by atoms with Crippen LogP contribution in [0.1, 0.15) is 13.8 Å². The molecule has 0 unspecified atom stereocenters. The molecule has 0 aromatic heterocycles. The van der Waals surface area contributed by atoms with Gasteiger partial charge in [0.25, 0.3) is 0 Å². The molecule has 0 aliphatic rings. The molecule has 0 saturated heterocycles. The lowest BCUT2D eigenvalue weighted by molar-refractivity contribution is 0.158. The smallest absolute Gasteiger partial charge is 0.0687 e. The zero-order valence-electron chi connectivity index (χ0n) is 9.00. The molecule has 0 saturated carbocycles. The van der Waals surface area contributed by atoms with Gasteiger partial charge in [-0.15, -0.1) is 0 Å². The van der Waals surface area contributed by atoms with Gasteiger partial charge in [-0.2, -0.15) is 0 Å². The van der Waals surface area contributed by atoms with Crippen LogP contribution < -0.4 is 11.1 Å². The van der Waals surface area contributed by atoms with Crippen molar-refractivity contribution in [3.8, 4) is 0 Å².